The molecule has 0 unspecified atom stereocenters. The largest absolute Gasteiger partial charge is 0.289 e. The van der Waals surface area contributed by atoms with Crippen LogP contribution in [0.2, 0.25) is 0 Å². The second-order valence-corrected chi connectivity index (χ2v) is 2.46. The summed E-state index contributed by atoms with van der Waals surface area (Å²) in [4.78, 5) is 14.3. The fourth-order valence-electron chi connectivity index (χ4n) is 0.512. The van der Waals surface area contributed by atoms with E-state index in [2.05, 4.69) is 4.99 Å². The Kier molecular flexibility index (Phi) is 2.07. The predicted octanol–water partition coefficient (Wildman–Crippen LogP) is -0.365. The molecule has 0 saturated heterocycles. The monoisotopic (exact) mass is 146 g/mol. The van der Waals surface area contributed by atoms with Crippen LogP contribution in [0.25, 0.3) is 0 Å². The van der Waals surface area contributed by atoms with Crippen molar-refractivity contribution in [2.45, 2.75) is 6.04 Å². The van der Waals surface area contributed by atoms with E-state index in [0.717, 1.165) is 0 Å². The zero-order chi connectivity index (χ0) is 6.69. The van der Waals surface area contributed by atoms with Crippen molar-refractivity contribution in [3.63, 3.8) is 0 Å². The second kappa shape index (κ2) is 2.84. The Morgan fingerprint density at radius 3 is 3.22 bits per heavy atom. The number of hydrogen-bond acceptors (Lipinski definition) is 4. The molecular formula is C4H6N2O2S. The fourth-order valence-corrected chi connectivity index (χ4v) is 1.25. The van der Waals surface area contributed by atoms with Crippen LogP contribution < -0.4 is 5.48 Å². The lowest BCUT2D eigenvalue weighted by atomic mass is 10.3. The number of hydrogen-bond donors (Lipinski definition) is 2. The van der Waals surface area contributed by atoms with E-state index in [1.807, 2.05) is 0 Å². The van der Waals surface area contributed by atoms with Crippen molar-refractivity contribution in [3.05, 3.63) is 0 Å². The SMILES string of the molecule is O=C(NO)[C@H]1CSC=N1. The van der Waals surface area contributed by atoms with Crippen LogP contribution in [-0.2, 0) is 4.79 Å². The highest BCUT2D eigenvalue weighted by atomic mass is 32.2. The summed E-state index contributed by atoms with van der Waals surface area (Å²) in [6.07, 6.45) is 0. The molecule has 4 nitrogen and oxygen atoms in total. The maximum absolute atomic E-state index is 10.5. The number of nitrogens with zero attached hydrogens (tertiary/aromatic N) is 1. The highest BCUT2D eigenvalue weighted by Gasteiger charge is 2.18. The zero-order valence-electron chi connectivity index (χ0n) is 4.57. The van der Waals surface area contributed by atoms with E-state index in [1.54, 1.807) is 11.0 Å². The van der Waals surface area contributed by atoms with Gasteiger partial charge in [-0.3, -0.25) is 15.0 Å². The topological polar surface area (TPSA) is 61.7 Å². The van der Waals surface area contributed by atoms with Gasteiger partial charge in [0, 0.05) is 5.75 Å². The maximum atomic E-state index is 10.5. The quantitative estimate of drug-likeness (QED) is 0.392. The Hall–Kier alpha value is -0.550. The normalized spacial score (nSPS) is 24.3. The Morgan fingerprint density at radius 2 is 2.78 bits per heavy atom. The van der Waals surface area contributed by atoms with E-state index in [9.17, 15) is 4.79 Å². The van der Waals surface area contributed by atoms with E-state index < -0.39 is 5.91 Å². The summed E-state index contributed by atoms with van der Waals surface area (Å²) in [6.45, 7) is 0. The number of nitrogens with one attached hydrogen (secondary N) is 1. The van der Waals surface area contributed by atoms with Crippen LogP contribution in [0.1, 0.15) is 0 Å². The van der Waals surface area contributed by atoms with E-state index in [-0.39, 0.29) is 6.04 Å². The van der Waals surface area contributed by atoms with Crippen LogP contribution in [0.3, 0.4) is 0 Å². The van der Waals surface area contributed by atoms with E-state index in [4.69, 9.17) is 5.21 Å². The number of aliphatic imine (C=N–C) groups is 1. The van der Waals surface area contributed by atoms with Crippen LogP contribution in [0.5, 0.6) is 0 Å². The van der Waals surface area contributed by atoms with E-state index in [1.165, 1.54) is 11.8 Å². The molecule has 0 aromatic rings. The van der Waals surface area contributed by atoms with Crippen LogP contribution in [0.4, 0.5) is 0 Å². The number of carbonyl (C=O) groups is 1. The molecular weight excluding hydrogens is 140 g/mol. The smallest absolute Gasteiger partial charge is 0.268 e. The van der Waals surface area contributed by atoms with Crippen LogP contribution in [0.15, 0.2) is 4.99 Å². The lowest BCUT2D eigenvalue weighted by molar-refractivity contribution is -0.129. The van der Waals surface area contributed by atoms with Gasteiger partial charge in [-0.25, -0.2) is 5.48 Å². The minimum Gasteiger partial charge on any atom is -0.289 e. The Bertz CT molecular complexity index is 148. The van der Waals surface area contributed by atoms with Crippen molar-refractivity contribution in [2.24, 2.45) is 4.99 Å². The van der Waals surface area contributed by atoms with Crippen LogP contribution >= 0.6 is 11.8 Å². The van der Waals surface area contributed by atoms with Gasteiger partial charge in [-0.2, -0.15) is 0 Å². The van der Waals surface area contributed by atoms with Crippen molar-refractivity contribution < 1.29 is 10.0 Å². The molecule has 1 rings (SSSR count). The summed E-state index contributed by atoms with van der Waals surface area (Å²) in [5.74, 6) is 0.197. The third kappa shape index (κ3) is 1.43. The summed E-state index contributed by atoms with van der Waals surface area (Å²) in [5, 5.41) is 8.11. The Balaban J connectivity index is 2.43. The lowest BCUT2D eigenvalue weighted by Gasteiger charge is -2.00. The van der Waals surface area contributed by atoms with E-state index in [0.29, 0.717) is 5.75 Å². The van der Waals surface area contributed by atoms with Crippen molar-refractivity contribution >= 4 is 23.2 Å². The number of hydroxylamine groups is 1. The highest BCUT2D eigenvalue weighted by Crippen LogP contribution is 2.10. The van der Waals surface area contributed by atoms with Gasteiger partial charge >= 0.3 is 0 Å². The molecule has 50 valence electrons. The van der Waals surface area contributed by atoms with E-state index >= 15 is 0 Å². The number of carbonyl (C=O) groups excluding carboxylic acids is 1. The van der Waals surface area contributed by atoms with Crippen molar-refractivity contribution in [1.29, 1.82) is 0 Å². The Labute approximate surface area is 56.3 Å². The van der Waals surface area contributed by atoms with Crippen molar-refractivity contribution in [1.82, 2.24) is 5.48 Å². The Morgan fingerprint density at radius 1 is 2.00 bits per heavy atom. The number of thioether (sulfide) groups is 1. The van der Waals surface area contributed by atoms with Crippen LogP contribution in [0, 0.1) is 0 Å². The van der Waals surface area contributed by atoms with Gasteiger partial charge in [0.1, 0.15) is 6.04 Å². The third-order valence-corrected chi connectivity index (χ3v) is 1.76. The molecule has 0 radical (unpaired) electrons. The molecule has 1 amide bonds. The summed E-state index contributed by atoms with van der Waals surface area (Å²) >= 11 is 1.46. The predicted molar refractivity (Wildman–Crippen MR) is 34.7 cm³/mol. The van der Waals surface area contributed by atoms with Gasteiger partial charge in [-0.05, 0) is 0 Å². The zero-order valence-corrected chi connectivity index (χ0v) is 5.39. The molecule has 1 atom stereocenters. The molecule has 0 aromatic carbocycles. The summed E-state index contributed by atoms with van der Waals surface area (Å²) in [5.41, 5.74) is 3.15. The molecule has 0 bridgehead atoms. The third-order valence-electron chi connectivity index (χ3n) is 0.982. The summed E-state index contributed by atoms with van der Waals surface area (Å²) in [6, 6.07) is -0.389. The van der Waals surface area contributed by atoms with Gasteiger partial charge in [0.15, 0.2) is 0 Å². The van der Waals surface area contributed by atoms with Gasteiger partial charge in [0.25, 0.3) is 5.91 Å². The molecule has 5 heteroatoms. The average molecular weight is 146 g/mol. The van der Waals surface area contributed by atoms with Gasteiger partial charge in [0.05, 0.1) is 5.55 Å². The molecule has 0 fully saturated rings. The van der Waals surface area contributed by atoms with Crippen molar-refractivity contribution in [2.75, 3.05) is 5.75 Å². The van der Waals surface area contributed by atoms with Crippen molar-refractivity contribution in [3.8, 4) is 0 Å². The first-order chi connectivity index (χ1) is 4.34. The molecule has 0 saturated carbocycles. The van der Waals surface area contributed by atoms with Gasteiger partial charge < -0.3 is 0 Å². The van der Waals surface area contributed by atoms with Gasteiger partial charge in [0.2, 0.25) is 0 Å². The standard InChI is InChI=1S/C4H6N2O2S/c7-4(6-8)3-1-9-2-5-3/h2-3,8H,1H2,(H,6,7)/t3-/m1/s1. The molecule has 9 heavy (non-hydrogen) atoms. The minimum atomic E-state index is -0.434. The molecule has 0 spiro atoms. The van der Waals surface area contributed by atoms with Gasteiger partial charge in [-0.1, -0.05) is 0 Å². The maximum Gasteiger partial charge on any atom is 0.268 e. The van der Waals surface area contributed by atoms with Gasteiger partial charge in [-0.15, -0.1) is 11.8 Å². The molecule has 1 aliphatic rings. The fraction of sp³-hybridized carbons (Fsp3) is 0.500. The first-order valence-corrected chi connectivity index (χ1v) is 3.46. The molecule has 1 heterocycles. The first kappa shape index (κ1) is 6.57. The highest BCUT2D eigenvalue weighted by molar-refractivity contribution is 8.12. The lowest BCUT2D eigenvalue weighted by Crippen LogP contribution is -2.31. The summed E-state index contributed by atoms with van der Waals surface area (Å²) in [7, 11) is 0. The number of amides is 1. The first-order valence-electron chi connectivity index (χ1n) is 2.42. The number of rotatable bonds is 1. The minimum absolute atomic E-state index is 0.389. The van der Waals surface area contributed by atoms with Crippen LogP contribution in [-0.4, -0.2) is 28.5 Å². The molecule has 0 aliphatic carbocycles. The molecule has 1 aliphatic heterocycles. The summed E-state index contributed by atoms with van der Waals surface area (Å²) < 4.78 is 0. The second-order valence-electron chi connectivity index (χ2n) is 1.58. The average Bonchev–Trinajstić information content (AvgIpc) is 2.37. The molecule has 0 aromatic heterocycles. The molecule has 2 N–H and O–H groups in total.